The summed E-state index contributed by atoms with van der Waals surface area (Å²) >= 11 is 0. The zero-order valence-corrected chi connectivity index (χ0v) is 13.3. The highest BCUT2D eigenvalue weighted by atomic mass is 16.5. The highest BCUT2D eigenvalue weighted by Gasteiger charge is 2.17. The molecule has 5 nitrogen and oxygen atoms in total. The fourth-order valence-electron chi connectivity index (χ4n) is 2.69. The van der Waals surface area contributed by atoms with E-state index in [0.29, 0.717) is 11.9 Å². The van der Waals surface area contributed by atoms with Gasteiger partial charge in [0.15, 0.2) is 6.61 Å². The van der Waals surface area contributed by atoms with Gasteiger partial charge in [0.1, 0.15) is 5.75 Å². The summed E-state index contributed by atoms with van der Waals surface area (Å²) in [5.74, 6) is 0.219. The molecule has 2 N–H and O–H groups in total. The number of likely N-dealkylation sites (N-methyl/N-ethyl adjacent to an activating group) is 1. The average Bonchev–Trinajstić information content (AvgIpc) is 2.53. The molecule has 1 aromatic rings. The molecule has 0 bridgehead atoms. The predicted molar refractivity (Wildman–Crippen MR) is 85.7 cm³/mol. The number of hydrogen-bond donors (Lipinski definition) is 1. The van der Waals surface area contributed by atoms with Gasteiger partial charge in [-0.3, -0.25) is 9.69 Å². The molecule has 0 radical (unpaired) electrons. The normalized spacial score (nSPS) is 18.4. The van der Waals surface area contributed by atoms with Crippen molar-refractivity contribution in [2.75, 3.05) is 26.3 Å². The average molecular weight is 306 g/mol. The maximum absolute atomic E-state index is 10.8. The topological polar surface area (TPSA) is 64.8 Å². The Hall–Kier alpha value is -1.59. The summed E-state index contributed by atoms with van der Waals surface area (Å²) in [5, 5.41) is 0. The van der Waals surface area contributed by atoms with Crippen LogP contribution in [0.4, 0.5) is 0 Å². The second-order valence-electron chi connectivity index (χ2n) is 5.72. The zero-order valence-electron chi connectivity index (χ0n) is 13.3. The molecule has 1 saturated heterocycles. The number of amides is 1. The van der Waals surface area contributed by atoms with Gasteiger partial charge in [-0.2, -0.15) is 0 Å². The zero-order chi connectivity index (χ0) is 15.8. The molecule has 122 valence electrons. The largest absolute Gasteiger partial charge is 0.484 e. The van der Waals surface area contributed by atoms with E-state index in [4.69, 9.17) is 15.2 Å². The van der Waals surface area contributed by atoms with Crippen LogP contribution in [0.3, 0.4) is 0 Å². The first-order chi connectivity index (χ1) is 10.7. The number of carbonyl (C=O) groups excluding carboxylic acids is 1. The first-order valence-electron chi connectivity index (χ1n) is 8.01. The molecule has 1 aliphatic rings. The summed E-state index contributed by atoms with van der Waals surface area (Å²) in [6.07, 6.45) is 3.95. The van der Waals surface area contributed by atoms with Gasteiger partial charge in [0, 0.05) is 19.7 Å². The molecular weight excluding hydrogens is 280 g/mol. The minimum Gasteiger partial charge on any atom is -0.484 e. The highest BCUT2D eigenvalue weighted by Crippen LogP contribution is 2.17. The van der Waals surface area contributed by atoms with Crippen molar-refractivity contribution >= 4 is 5.91 Å². The van der Waals surface area contributed by atoms with Crippen LogP contribution in [0.5, 0.6) is 5.75 Å². The third-order valence-corrected chi connectivity index (χ3v) is 3.87. The number of carbonyl (C=O) groups is 1. The van der Waals surface area contributed by atoms with Gasteiger partial charge in [0.05, 0.1) is 6.10 Å². The highest BCUT2D eigenvalue weighted by molar-refractivity contribution is 5.75. The van der Waals surface area contributed by atoms with Crippen molar-refractivity contribution in [3.05, 3.63) is 29.8 Å². The molecule has 1 amide bonds. The molecule has 1 aliphatic heterocycles. The lowest BCUT2D eigenvalue weighted by Crippen LogP contribution is -2.35. The van der Waals surface area contributed by atoms with Crippen LogP contribution in [0.15, 0.2) is 24.3 Å². The van der Waals surface area contributed by atoms with Crippen LogP contribution in [0.2, 0.25) is 0 Å². The van der Waals surface area contributed by atoms with E-state index in [1.807, 2.05) is 18.2 Å². The summed E-state index contributed by atoms with van der Waals surface area (Å²) in [4.78, 5) is 13.2. The molecule has 5 heteroatoms. The SMILES string of the molecule is CCN(Cc1cccc(OCC(N)=O)c1)CC1CCCCO1. The van der Waals surface area contributed by atoms with Gasteiger partial charge in [-0.25, -0.2) is 0 Å². The Labute approximate surface area is 132 Å². The molecule has 1 atom stereocenters. The molecule has 1 aromatic carbocycles. The minimum atomic E-state index is -0.463. The number of nitrogens with zero attached hydrogens (tertiary/aromatic N) is 1. The second kappa shape index (κ2) is 8.76. The second-order valence-corrected chi connectivity index (χ2v) is 5.72. The van der Waals surface area contributed by atoms with E-state index in [2.05, 4.69) is 17.9 Å². The lowest BCUT2D eigenvalue weighted by Gasteiger charge is -2.29. The van der Waals surface area contributed by atoms with Gasteiger partial charge >= 0.3 is 0 Å². The molecule has 1 unspecified atom stereocenters. The number of ether oxygens (including phenoxy) is 2. The van der Waals surface area contributed by atoms with E-state index in [1.54, 1.807) is 0 Å². The lowest BCUT2D eigenvalue weighted by molar-refractivity contribution is -0.119. The van der Waals surface area contributed by atoms with Crippen molar-refractivity contribution in [2.24, 2.45) is 5.73 Å². The van der Waals surface area contributed by atoms with Gasteiger partial charge in [0.25, 0.3) is 5.91 Å². The Kier molecular flexibility index (Phi) is 6.68. The Balaban J connectivity index is 1.89. The van der Waals surface area contributed by atoms with Crippen molar-refractivity contribution in [3.8, 4) is 5.75 Å². The summed E-state index contributed by atoms with van der Waals surface area (Å²) in [6.45, 7) is 5.75. The van der Waals surface area contributed by atoms with Crippen LogP contribution in [0.1, 0.15) is 31.7 Å². The molecule has 0 spiro atoms. The van der Waals surface area contributed by atoms with E-state index in [-0.39, 0.29) is 6.61 Å². The summed E-state index contributed by atoms with van der Waals surface area (Å²) in [6, 6.07) is 7.82. The van der Waals surface area contributed by atoms with Crippen LogP contribution >= 0.6 is 0 Å². The van der Waals surface area contributed by atoms with Crippen LogP contribution in [-0.4, -0.2) is 43.2 Å². The number of rotatable bonds is 8. The fraction of sp³-hybridized carbons (Fsp3) is 0.588. The number of hydrogen-bond acceptors (Lipinski definition) is 4. The Morgan fingerprint density at radius 1 is 1.45 bits per heavy atom. The smallest absolute Gasteiger partial charge is 0.255 e. The van der Waals surface area contributed by atoms with Gasteiger partial charge in [-0.1, -0.05) is 19.1 Å². The molecule has 2 rings (SSSR count). The van der Waals surface area contributed by atoms with E-state index in [1.165, 1.54) is 18.4 Å². The first kappa shape index (κ1) is 16.8. The standard InChI is InChI=1S/C17H26N2O3/c1-2-19(12-16-7-3-4-9-21-16)11-14-6-5-8-15(10-14)22-13-17(18)20/h5-6,8,10,16H,2-4,7,9,11-13H2,1H3,(H2,18,20). The Morgan fingerprint density at radius 2 is 2.32 bits per heavy atom. The molecular formula is C17H26N2O3. The van der Waals surface area contributed by atoms with Crippen molar-refractivity contribution in [1.29, 1.82) is 0 Å². The number of nitrogens with two attached hydrogens (primary N) is 1. The number of primary amides is 1. The van der Waals surface area contributed by atoms with Gasteiger partial charge in [0.2, 0.25) is 0 Å². The van der Waals surface area contributed by atoms with Gasteiger partial charge in [-0.15, -0.1) is 0 Å². The van der Waals surface area contributed by atoms with Crippen LogP contribution in [-0.2, 0) is 16.1 Å². The molecule has 0 saturated carbocycles. The monoisotopic (exact) mass is 306 g/mol. The Bertz CT molecular complexity index is 473. The van der Waals surface area contributed by atoms with Crippen molar-refractivity contribution < 1.29 is 14.3 Å². The summed E-state index contributed by atoms with van der Waals surface area (Å²) < 4.78 is 11.2. The summed E-state index contributed by atoms with van der Waals surface area (Å²) in [5.41, 5.74) is 6.26. The number of benzene rings is 1. The van der Waals surface area contributed by atoms with Crippen molar-refractivity contribution in [1.82, 2.24) is 4.90 Å². The van der Waals surface area contributed by atoms with Gasteiger partial charge < -0.3 is 15.2 Å². The van der Waals surface area contributed by atoms with E-state index >= 15 is 0 Å². The van der Waals surface area contributed by atoms with Crippen molar-refractivity contribution in [2.45, 2.75) is 38.8 Å². The van der Waals surface area contributed by atoms with E-state index in [9.17, 15) is 4.79 Å². The molecule has 0 aromatic heterocycles. The quantitative estimate of drug-likeness (QED) is 0.797. The van der Waals surface area contributed by atoms with E-state index < -0.39 is 5.91 Å². The lowest BCUT2D eigenvalue weighted by atomic mass is 10.1. The van der Waals surface area contributed by atoms with Crippen LogP contribution in [0.25, 0.3) is 0 Å². The maximum atomic E-state index is 10.8. The van der Waals surface area contributed by atoms with Crippen LogP contribution in [0, 0.1) is 0 Å². The fourth-order valence-corrected chi connectivity index (χ4v) is 2.69. The molecule has 1 fully saturated rings. The third-order valence-electron chi connectivity index (χ3n) is 3.87. The Morgan fingerprint density at radius 3 is 3.00 bits per heavy atom. The predicted octanol–water partition coefficient (Wildman–Crippen LogP) is 1.94. The van der Waals surface area contributed by atoms with Crippen LogP contribution < -0.4 is 10.5 Å². The van der Waals surface area contributed by atoms with Crippen molar-refractivity contribution in [3.63, 3.8) is 0 Å². The molecule has 1 heterocycles. The van der Waals surface area contributed by atoms with E-state index in [0.717, 1.165) is 32.7 Å². The maximum Gasteiger partial charge on any atom is 0.255 e. The summed E-state index contributed by atoms with van der Waals surface area (Å²) in [7, 11) is 0. The van der Waals surface area contributed by atoms with Gasteiger partial charge in [-0.05, 0) is 43.5 Å². The third kappa shape index (κ3) is 5.66. The minimum absolute atomic E-state index is 0.0864. The molecule has 0 aliphatic carbocycles. The molecule has 22 heavy (non-hydrogen) atoms. The first-order valence-corrected chi connectivity index (χ1v) is 8.01.